The minimum atomic E-state index is -3.41. The van der Waals surface area contributed by atoms with Crippen molar-refractivity contribution in [2.45, 2.75) is 17.4 Å². The smallest absolute Gasteiger partial charge is 0.242 e. The van der Waals surface area contributed by atoms with E-state index in [1.807, 2.05) is 0 Å². The monoisotopic (exact) mass is 266 g/mol. The fraction of sp³-hybridized carbons (Fsp3) is 0.250. The van der Waals surface area contributed by atoms with Crippen molar-refractivity contribution in [3.63, 3.8) is 0 Å². The van der Waals surface area contributed by atoms with E-state index >= 15 is 0 Å². The Morgan fingerprint density at radius 3 is 2.67 bits per heavy atom. The number of amides is 1. The van der Waals surface area contributed by atoms with Gasteiger partial charge in [-0.3, -0.25) is 4.79 Å². The first-order valence-electron chi connectivity index (χ1n) is 5.15. The van der Waals surface area contributed by atoms with Gasteiger partial charge in [-0.1, -0.05) is 12.1 Å². The number of nitrogens with two attached hydrogens (primary N) is 1. The summed E-state index contributed by atoms with van der Waals surface area (Å²) in [4.78, 5) is 11.7. The molecular weight excluding hydrogens is 252 g/mol. The van der Waals surface area contributed by atoms with Crippen LogP contribution in [0.4, 0.5) is 5.69 Å². The molecule has 0 saturated carbocycles. The van der Waals surface area contributed by atoms with Crippen molar-refractivity contribution in [1.29, 1.82) is 0 Å². The van der Waals surface area contributed by atoms with Crippen LogP contribution >= 0.6 is 0 Å². The van der Waals surface area contributed by atoms with E-state index in [2.05, 4.69) is 11.2 Å². The maximum atomic E-state index is 11.7. The summed E-state index contributed by atoms with van der Waals surface area (Å²) in [5.74, 6) is 1.76. The van der Waals surface area contributed by atoms with Gasteiger partial charge in [-0.05, 0) is 12.1 Å². The van der Waals surface area contributed by atoms with Gasteiger partial charge < -0.3 is 11.1 Å². The van der Waals surface area contributed by atoms with E-state index in [0.29, 0.717) is 0 Å². The molecule has 0 saturated heterocycles. The first-order valence-corrected chi connectivity index (χ1v) is 7.04. The summed E-state index contributed by atoms with van der Waals surface area (Å²) in [6, 6.07) is 5.25. The first-order chi connectivity index (χ1) is 8.36. The molecule has 18 heavy (non-hydrogen) atoms. The lowest BCUT2D eigenvalue weighted by molar-refractivity contribution is -0.117. The molecule has 1 aromatic carbocycles. The minimum Gasteiger partial charge on any atom is -0.324 e. The van der Waals surface area contributed by atoms with Crippen LogP contribution in [0.5, 0.6) is 0 Å². The average molecular weight is 266 g/mol. The molecule has 6 heteroatoms. The van der Waals surface area contributed by atoms with Crippen molar-refractivity contribution >= 4 is 21.4 Å². The van der Waals surface area contributed by atoms with Crippen molar-refractivity contribution in [1.82, 2.24) is 0 Å². The molecular formula is C12H14N2O3S. The molecule has 0 aliphatic rings. The third-order valence-electron chi connectivity index (χ3n) is 2.22. The molecule has 0 radical (unpaired) electrons. The lowest BCUT2D eigenvalue weighted by atomic mass is 10.2. The van der Waals surface area contributed by atoms with Crippen LogP contribution in [0.1, 0.15) is 6.42 Å². The highest BCUT2D eigenvalue weighted by Gasteiger charge is 2.17. The quantitative estimate of drug-likeness (QED) is 0.771. The van der Waals surface area contributed by atoms with Crippen molar-refractivity contribution < 1.29 is 13.2 Å². The molecule has 0 aliphatic heterocycles. The van der Waals surface area contributed by atoms with Crippen molar-refractivity contribution in [3.8, 4) is 12.3 Å². The highest BCUT2D eigenvalue weighted by Crippen LogP contribution is 2.20. The number of anilines is 1. The topological polar surface area (TPSA) is 89.3 Å². The summed E-state index contributed by atoms with van der Waals surface area (Å²) in [5, 5.41) is 2.46. The van der Waals surface area contributed by atoms with E-state index in [1.165, 1.54) is 12.1 Å². The summed E-state index contributed by atoms with van der Waals surface area (Å²) < 4.78 is 23.0. The number of terminal acetylenes is 1. The Hall–Kier alpha value is -1.84. The highest BCUT2D eigenvalue weighted by molar-refractivity contribution is 7.90. The van der Waals surface area contributed by atoms with E-state index < -0.39 is 21.8 Å². The normalized spacial score (nSPS) is 12.5. The van der Waals surface area contributed by atoms with E-state index in [1.54, 1.807) is 12.1 Å². The van der Waals surface area contributed by atoms with Crippen LogP contribution in [0.15, 0.2) is 29.2 Å². The van der Waals surface area contributed by atoms with Gasteiger partial charge in [0.05, 0.1) is 16.6 Å². The van der Waals surface area contributed by atoms with E-state index in [0.717, 1.165) is 6.26 Å². The molecule has 1 unspecified atom stereocenters. The van der Waals surface area contributed by atoms with Gasteiger partial charge in [-0.2, -0.15) is 0 Å². The molecule has 0 fully saturated rings. The molecule has 0 heterocycles. The van der Waals surface area contributed by atoms with Crippen LogP contribution < -0.4 is 11.1 Å². The van der Waals surface area contributed by atoms with E-state index in [4.69, 9.17) is 12.2 Å². The van der Waals surface area contributed by atoms with Gasteiger partial charge in [-0.15, -0.1) is 12.3 Å². The molecule has 1 amide bonds. The molecule has 0 bridgehead atoms. The Bertz CT molecular complexity index is 588. The largest absolute Gasteiger partial charge is 0.324 e. The Labute approximate surface area is 106 Å². The van der Waals surface area contributed by atoms with Crippen molar-refractivity contribution in [3.05, 3.63) is 24.3 Å². The van der Waals surface area contributed by atoms with Gasteiger partial charge in [0, 0.05) is 12.7 Å². The Balaban J connectivity index is 3.00. The third-order valence-corrected chi connectivity index (χ3v) is 3.37. The number of benzene rings is 1. The summed E-state index contributed by atoms with van der Waals surface area (Å²) in [6.45, 7) is 0. The van der Waals surface area contributed by atoms with Crippen LogP contribution in [0.2, 0.25) is 0 Å². The predicted octanol–water partition coefficient (Wildman–Crippen LogP) is 0.379. The Morgan fingerprint density at radius 2 is 2.11 bits per heavy atom. The number of sulfone groups is 1. The molecule has 96 valence electrons. The van der Waals surface area contributed by atoms with Gasteiger partial charge in [0.1, 0.15) is 0 Å². The van der Waals surface area contributed by atoms with Crippen LogP contribution in [-0.2, 0) is 14.6 Å². The standard InChI is InChI=1S/C12H14N2O3S/c1-3-6-9(13)12(15)14-10-7-4-5-8-11(10)18(2,16)17/h1,4-5,7-9H,6,13H2,2H3,(H,14,15). The van der Waals surface area contributed by atoms with Crippen LogP contribution in [0, 0.1) is 12.3 Å². The molecule has 0 aromatic heterocycles. The van der Waals surface area contributed by atoms with E-state index in [9.17, 15) is 13.2 Å². The van der Waals surface area contributed by atoms with Gasteiger partial charge in [0.25, 0.3) is 0 Å². The zero-order valence-corrected chi connectivity index (χ0v) is 10.7. The first kappa shape index (κ1) is 14.2. The number of nitrogens with one attached hydrogen (secondary N) is 1. The summed E-state index contributed by atoms with van der Waals surface area (Å²) in [7, 11) is -3.41. The maximum absolute atomic E-state index is 11.7. The predicted molar refractivity (Wildman–Crippen MR) is 69.6 cm³/mol. The molecule has 5 nitrogen and oxygen atoms in total. The third kappa shape index (κ3) is 3.58. The van der Waals surface area contributed by atoms with Gasteiger partial charge in [0.15, 0.2) is 9.84 Å². The minimum absolute atomic E-state index is 0.0475. The zero-order valence-electron chi connectivity index (χ0n) is 9.88. The summed E-state index contributed by atoms with van der Waals surface area (Å²) in [6.07, 6.45) is 6.21. The highest BCUT2D eigenvalue weighted by atomic mass is 32.2. The summed E-state index contributed by atoms with van der Waals surface area (Å²) >= 11 is 0. The number of hydrogen-bond donors (Lipinski definition) is 2. The lowest BCUT2D eigenvalue weighted by Crippen LogP contribution is -2.35. The maximum Gasteiger partial charge on any atom is 0.242 e. The number of carbonyl (C=O) groups excluding carboxylic acids is 1. The number of para-hydroxylation sites is 1. The number of rotatable bonds is 4. The fourth-order valence-corrected chi connectivity index (χ4v) is 2.18. The van der Waals surface area contributed by atoms with Gasteiger partial charge in [0.2, 0.25) is 5.91 Å². The van der Waals surface area contributed by atoms with Gasteiger partial charge >= 0.3 is 0 Å². The molecule has 3 N–H and O–H groups in total. The van der Waals surface area contributed by atoms with E-state index in [-0.39, 0.29) is 17.0 Å². The lowest BCUT2D eigenvalue weighted by Gasteiger charge is -2.12. The van der Waals surface area contributed by atoms with Crippen LogP contribution in [-0.4, -0.2) is 26.6 Å². The molecule has 0 aliphatic carbocycles. The molecule has 1 rings (SSSR count). The van der Waals surface area contributed by atoms with Crippen molar-refractivity contribution in [2.75, 3.05) is 11.6 Å². The Kier molecular flexibility index (Phi) is 4.48. The number of carbonyl (C=O) groups is 1. The second-order valence-electron chi connectivity index (χ2n) is 3.77. The SMILES string of the molecule is C#CCC(N)C(=O)Nc1ccccc1S(C)(=O)=O. The second-order valence-corrected chi connectivity index (χ2v) is 5.76. The van der Waals surface area contributed by atoms with Gasteiger partial charge in [-0.25, -0.2) is 8.42 Å². The fourth-order valence-electron chi connectivity index (χ4n) is 1.34. The molecule has 1 atom stereocenters. The van der Waals surface area contributed by atoms with Crippen LogP contribution in [0.25, 0.3) is 0 Å². The zero-order chi connectivity index (χ0) is 13.8. The van der Waals surface area contributed by atoms with Crippen molar-refractivity contribution in [2.24, 2.45) is 5.73 Å². The Morgan fingerprint density at radius 1 is 1.50 bits per heavy atom. The second kappa shape index (κ2) is 5.67. The molecule has 1 aromatic rings. The molecule has 0 spiro atoms. The van der Waals surface area contributed by atoms with Crippen LogP contribution in [0.3, 0.4) is 0 Å². The summed E-state index contributed by atoms with van der Waals surface area (Å²) in [5.41, 5.74) is 5.74. The average Bonchev–Trinajstić information content (AvgIpc) is 2.28. The number of hydrogen-bond acceptors (Lipinski definition) is 4.